The van der Waals surface area contributed by atoms with Crippen molar-refractivity contribution in [2.75, 3.05) is 13.1 Å². The number of aliphatic hydroxyl groups excluding tert-OH is 1. The Labute approximate surface area is 90.5 Å². The Hall–Kier alpha value is -0.870. The molecule has 1 atom stereocenters. The topological polar surface area (TPSA) is 41.3 Å². The number of fused-ring (bicyclic) bond motifs is 1. The molecule has 15 heavy (non-hydrogen) atoms. The highest BCUT2D eigenvalue weighted by Gasteiger charge is 2.15. The molecule has 0 bridgehead atoms. The average Bonchev–Trinajstić information content (AvgIpc) is 2.64. The van der Waals surface area contributed by atoms with Gasteiger partial charge < -0.3 is 9.67 Å². The van der Waals surface area contributed by atoms with Gasteiger partial charge in [0.15, 0.2) is 0 Å². The molecule has 0 aromatic carbocycles. The van der Waals surface area contributed by atoms with Crippen LogP contribution in [0.15, 0.2) is 12.4 Å². The van der Waals surface area contributed by atoms with E-state index in [2.05, 4.69) is 14.5 Å². The molecule has 0 radical (unpaired) electrons. The van der Waals surface area contributed by atoms with Crippen LogP contribution in [-0.2, 0) is 13.1 Å². The van der Waals surface area contributed by atoms with E-state index >= 15 is 0 Å². The lowest BCUT2D eigenvalue weighted by molar-refractivity contribution is 0.161. The van der Waals surface area contributed by atoms with Crippen LogP contribution in [0.4, 0.5) is 0 Å². The Balaban J connectivity index is 1.78. The summed E-state index contributed by atoms with van der Waals surface area (Å²) in [6.45, 7) is 6.01. The van der Waals surface area contributed by atoms with E-state index in [9.17, 15) is 5.11 Å². The van der Waals surface area contributed by atoms with Crippen molar-refractivity contribution < 1.29 is 5.11 Å². The molecule has 1 aromatic rings. The van der Waals surface area contributed by atoms with Gasteiger partial charge in [0.25, 0.3) is 0 Å². The largest absolute Gasteiger partial charge is 0.393 e. The van der Waals surface area contributed by atoms with E-state index in [0.717, 1.165) is 39.0 Å². The molecule has 0 aliphatic carbocycles. The van der Waals surface area contributed by atoms with E-state index in [1.807, 2.05) is 19.3 Å². The van der Waals surface area contributed by atoms with Gasteiger partial charge in [0.1, 0.15) is 5.82 Å². The number of hydrogen-bond acceptors (Lipinski definition) is 3. The van der Waals surface area contributed by atoms with Gasteiger partial charge in [-0.25, -0.2) is 4.98 Å². The van der Waals surface area contributed by atoms with Gasteiger partial charge in [-0.15, -0.1) is 0 Å². The summed E-state index contributed by atoms with van der Waals surface area (Å²) in [5.41, 5.74) is 0. The first kappa shape index (κ1) is 10.6. The van der Waals surface area contributed by atoms with Crippen molar-refractivity contribution >= 4 is 0 Å². The first-order valence-electron chi connectivity index (χ1n) is 5.66. The number of hydrogen-bond donors (Lipinski definition) is 1. The predicted octanol–water partition coefficient (Wildman–Crippen LogP) is 0.860. The van der Waals surface area contributed by atoms with E-state index in [1.165, 1.54) is 5.82 Å². The third-order valence-electron chi connectivity index (χ3n) is 2.92. The minimum Gasteiger partial charge on any atom is -0.393 e. The van der Waals surface area contributed by atoms with Crippen molar-refractivity contribution in [3.8, 4) is 0 Å². The standard InChI is InChI=1S/C11H19N3O/c1-10(15)3-2-5-13-7-8-14-6-4-12-11(14)9-13/h4,6,10,15H,2-3,5,7-9H2,1H3. The second kappa shape index (κ2) is 4.77. The molecule has 0 spiro atoms. The molecular formula is C11H19N3O. The van der Waals surface area contributed by atoms with Gasteiger partial charge in [0.2, 0.25) is 0 Å². The van der Waals surface area contributed by atoms with Gasteiger partial charge in [-0.3, -0.25) is 4.90 Å². The molecule has 0 fully saturated rings. The summed E-state index contributed by atoms with van der Waals surface area (Å²) in [5, 5.41) is 9.17. The molecular weight excluding hydrogens is 190 g/mol. The highest BCUT2D eigenvalue weighted by Crippen LogP contribution is 2.11. The lowest BCUT2D eigenvalue weighted by Crippen LogP contribution is -2.34. The fourth-order valence-electron chi connectivity index (χ4n) is 2.02. The Kier molecular flexibility index (Phi) is 3.38. The number of rotatable bonds is 4. The first-order valence-corrected chi connectivity index (χ1v) is 5.66. The molecule has 0 saturated heterocycles. The summed E-state index contributed by atoms with van der Waals surface area (Å²) in [5.74, 6) is 1.17. The molecule has 1 aliphatic heterocycles. The van der Waals surface area contributed by atoms with E-state index in [1.54, 1.807) is 0 Å². The second-order valence-corrected chi connectivity index (χ2v) is 4.30. The SMILES string of the molecule is CC(O)CCCN1CCn2ccnc2C1. The zero-order valence-corrected chi connectivity index (χ0v) is 9.26. The van der Waals surface area contributed by atoms with Crippen LogP contribution in [0.2, 0.25) is 0 Å². The molecule has 1 aromatic heterocycles. The highest BCUT2D eigenvalue weighted by atomic mass is 16.3. The third-order valence-corrected chi connectivity index (χ3v) is 2.92. The lowest BCUT2D eigenvalue weighted by atomic mass is 10.2. The summed E-state index contributed by atoms with van der Waals surface area (Å²) in [6.07, 6.45) is 5.71. The Bertz CT molecular complexity index is 309. The van der Waals surface area contributed by atoms with Crippen molar-refractivity contribution in [1.82, 2.24) is 14.5 Å². The fraction of sp³-hybridized carbons (Fsp3) is 0.727. The molecule has 1 aliphatic rings. The van der Waals surface area contributed by atoms with Crippen molar-refractivity contribution in [2.45, 2.75) is 39.0 Å². The molecule has 1 N–H and O–H groups in total. The van der Waals surface area contributed by atoms with Gasteiger partial charge in [-0.05, 0) is 26.3 Å². The summed E-state index contributed by atoms with van der Waals surface area (Å²) < 4.78 is 2.21. The van der Waals surface area contributed by atoms with Crippen LogP contribution in [0, 0.1) is 0 Å². The Morgan fingerprint density at radius 2 is 2.40 bits per heavy atom. The Morgan fingerprint density at radius 1 is 1.53 bits per heavy atom. The molecule has 2 heterocycles. The quantitative estimate of drug-likeness (QED) is 0.799. The molecule has 84 valence electrons. The zero-order valence-electron chi connectivity index (χ0n) is 9.26. The maximum atomic E-state index is 9.17. The van der Waals surface area contributed by atoms with Crippen LogP contribution in [0.25, 0.3) is 0 Å². The van der Waals surface area contributed by atoms with Crippen LogP contribution in [0.3, 0.4) is 0 Å². The number of aromatic nitrogens is 2. The van der Waals surface area contributed by atoms with Crippen LogP contribution < -0.4 is 0 Å². The number of imidazole rings is 1. The third kappa shape index (κ3) is 2.79. The molecule has 2 rings (SSSR count). The zero-order chi connectivity index (χ0) is 10.7. The maximum Gasteiger partial charge on any atom is 0.122 e. The molecule has 4 nitrogen and oxygen atoms in total. The van der Waals surface area contributed by atoms with Gasteiger partial charge in [-0.1, -0.05) is 0 Å². The van der Waals surface area contributed by atoms with Gasteiger partial charge in [0.05, 0.1) is 12.6 Å². The van der Waals surface area contributed by atoms with Gasteiger partial charge in [-0.2, -0.15) is 0 Å². The second-order valence-electron chi connectivity index (χ2n) is 4.30. The monoisotopic (exact) mass is 209 g/mol. The highest BCUT2D eigenvalue weighted by molar-refractivity contribution is 4.95. The molecule has 0 saturated carbocycles. The van der Waals surface area contributed by atoms with Gasteiger partial charge in [0, 0.05) is 25.5 Å². The molecule has 4 heteroatoms. The average molecular weight is 209 g/mol. The molecule has 1 unspecified atom stereocenters. The smallest absolute Gasteiger partial charge is 0.122 e. The van der Waals surface area contributed by atoms with E-state index in [4.69, 9.17) is 0 Å². The summed E-state index contributed by atoms with van der Waals surface area (Å²) in [6, 6.07) is 0. The minimum absolute atomic E-state index is 0.170. The van der Waals surface area contributed by atoms with Crippen LogP contribution >= 0.6 is 0 Å². The van der Waals surface area contributed by atoms with E-state index in [-0.39, 0.29) is 6.10 Å². The van der Waals surface area contributed by atoms with Gasteiger partial charge >= 0.3 is 0 Å². The first-order chi connectivity index (χ1) is 7.25. The predicted molar refractivity (Wildman–Crippen MR) is 58.4 cm³/mol. The maximum absolute atomic E-state index is 9.17. The lowest BCUT2D eigenvalue weighted by Gasteiger charge is -2.27. The summed E-state index contributed by atoms with van der Waals surface area (Å²) >= 11 is 0. The minimum atomic E-state index is -0.170. The van der Waals surface area contributed by atoms with Crippen LogP contribution in [-0.4, -0.2) is 38.8 Å². The number of nitrogens with zero attached hydrogens (tertiary/aromatic N) is 3. The molecule has 0 amide bonds. The van der Waals surface area contributed by atoms with Crippen LogP contribution in [0.5, 0.6) is 0 Å². The van der Waals surface area contributed by atoms with Crippen molar-refractivity contribution in [3.63, 3.8) is 0 Å². The fourth-order valence-corrected chi connectivity index (χ4v) is 2.02. The summed E-state index contributed by atoms with van der Waals surface area (Å²) in [4.78, 5) is 6.73. The van der Waals surface area contributed by atoms with Crippen molar-refractivity contribution in [3.05, 3.63) is 18.2 Å². The van der Waals surface area contributed by atoms with E-state index < -0.39 is 0 Å². The Morgan fingerprint density at radius 3 is 3.20 bits per heavy atom. The van der Waals surface area contributed by atoms with Crippen molar-refractivity contribution in [1.29, 1.82) is 0 Å². The number of aliphatic hydroxyl groups is 1. The van der Waals surface area contributed by atoms with Crippen molar-refractivity contribution in [2.24, 2.45) is 0 Å². The normalized spacial score (nSPS) is 18.8. The van der Waals surface area contributed by atoms with Crippen LogP contribution in [0.1, 0.15) is 25.6 Å². The van der Waals surface area contributed by atoms with E-state index in [0.29, 0.717) is 0 Å². The summed E-state index contributed by atoms with van der Waals surface area (Å²) in [7, 11) is 0.